The second-order valence-electron chi connectivity index (χ2n) is 6.90. The Morgan fingerprint density at radius 1 is 1.23 bits per heavy atom. The van der Waals surface area contributed by atoms with Gasteiger partial charge in [-0.15, -0.1) is 0 Å². The third-order valence-corrected chi connectivity index (χ3v) is 5.07. The standard InChI is InChI=1S/C21H19FN2O2/c1-13-10-14-7-5-8-16-19(14)24(13)12-17(20(16)25)21(26)23(2)11-15-6-3-4-9-18(15)22/h3-9,12-13H,10-11H2,1-2H3. The molecule has 0 aliphatic carbocycles. The minimum atomic E-state index is -0.395. The number of carbonyl (C=O) groups is 1. The number of halogens is 1. The zero-order valence-corrected chi connectivity index (χ0v) is 14.7. The van der Waals surface area contributed by atoms with Crippen molar-refractivity contribution in [1.29, 1.82) is 0 Å². The maximum absolute atomic E-state index is 13.9. The van der Waals surface area contributed by atoms with Crippen LogP contribution in [0.4, 0.5) is 4.39 Å². The topological polar surface area (TPSA) is 42.3 Å². The van der Waals surface area contributed by atoms with Gasteiger partial charge in [0.1, 0.15) is 11.4 Å². The molecule has 26 heavy (non-hydrogen) atoms. The zero-order valence-electron chi connectivity index (χ0n) is 14.7. The van der Waals surface area contributed by atoms with Gasteiger partial charge >= 0.3 is 0 Å². The summed E-state index contributed by atoms with van der Waals surface area (Å²) in [5.41, 5.74) is 2.33. The molecule has 3 aromatic rings. The second-order valence-corrected chi connectivity index (χ2v) is 6.90. The first-order chi connectivity index (χ1) is 12.5. The van der Waals surface area contributed by atoms with Gasteiger partial charge in [0.15, 0.2) is 0 Å². The van der Waals surface area contributed by atoms with Crippen LogP contribution in [0.3, 0.4) is 0 Å². The van der Waals surface area contributed by atoms with Gasteiger partial charge in [-0.1, -0.05) is 30.3 Å². The minimum Gasteiger partial charge on any atom is -0.343 e. The molecule has 1 amide bonds. The van der Waals surface area contributed by atoms with E-state index in [1.165, 1.54) is 11.0 Å². The van der Waals surface area contributed by atoms with E-state index in [0.717, 1.165) is 17.5 Å². The molecular formula is C21H19FN2O2. The van der Waals surface area contributed by atoms with E-state index in [0.29, 0.717) is 10.9 Å². The molecule has 0 saturated heterocycles. The van der Waals surface area contributed by atoms with Gasteiger partial charge in [-0.05, 0) is 31.0 Å². The number of carbonyl (C=O) groups excluding carboxylic acids is 1. The van der Waals surface area contributed by atoms with Crippen LogP contribution in [-0.4, -0.2) is 22.4 Å². The lowest BCUT2D eigenvalue weighted by atomic mass is 10.1. The van der Waals surface area contributed by atoms with Crippen LogP contribution < -0.4 is 5.43 Å². The molecule has 0 fully saturated rings. The Bertz CT molecular complexity index is 1090. The zero-order chi connectivity index (χ0) is 18.4. The van der Waals surface area contributed by atoms with E-state index in [1.54, 1.807) is 37.5 Å². The Morgan fingerprint density at radius 2 is 2.00 bits per heavy atom. The number of amides is 1. The SMILES string of the molecule is CC1Cc2cccc3c(=O)c(C(=O)N(C)Cc4ccccc4F)cn1c23. The van der Waals surface area contributed by atoms with Crippen molar-refractivity contribution in [2.24, 2.45) is 0 Å². The molecule has 0 bridgehead atoms. The molecule has 0 saturated carbocycles. The Labute approximate surface area is 150 Å². The van der Waals surface area contributed by atoms with Gasteiger partial charge < -0.3 is 9.47 Å². The molecule has 5 heteroatoms. The summed E-state index contributed by atoms with van der Waals surface area (Å²) in [6, 6.07) is 12.2. The van der Waals surface area contributed by atoms with E-state index in [-0.39, 0.29) is 29.4 Å². The number of para-hydroxylation sites is 1. The van der Waals surface area contributed by atoms with E-state index in [9.17, 15) is 14.0 Å². The Balaban J connectivity index is 1.76. The van der Waals surface area contributed by atoms with Crippen LogP contribution in [0.1, 0.15) is 34.5 Å². The normalized spacial score (nSPS) is 15.4. The molecule has 2 heterocycles. The molecule has 0 radical (unpaired) electrons. The average Bonchev–Trinajstić information content (AvgIpc) is 2.95. The monoisotopic (exact) mass is 350 g/mol. The summed E-state index contributed by atoms with van der Waals surface area (Å²) < 4.78 is 15.9. The van der Waals surface area contributed by atoms with Gasteiger partial charge in [-0.25, -0.2) is 4.39 Å². The highest BCUT2D eigenvalue weighted by Gasteiger charge is 2.25. The quantitative estimate of drug-likeness (QED) is 0.725. The van der Waals surface area contributed by atoms with Crippen LogP contribution in [-0.2, 0) is 13.0 Å². The highest BCUT2D eigenvalue weighted by molar-refractivity contribution is 5.98. The van der Waals surface area contributed by atoms with E-state index in [4.69, 9.17) is 0 Å². The Kier molecular flexibility index (Phi) is 3.87. The van der Waals surface area contributed by atoms with Crippen LogP contribution >= 0.6 is 0 Å². The molecule has 1 aliphatic rings. The van der Waals surface area contributed by atoms with Gasteiger partial charge in [0.2, 0.25) is 5.43 Å². The van der Waals surface area contributed by atoms with Crippen molar-refractivity contribution in [3.8, 4) is 0 Å². The third kappa shape index (κ3) is 2.51. The fourth-order valence-corrected chi connectivity index (χ4v) is 3.73. The van der Waals surface area contributed by atoms with Crippen molar-refractivity contribution in [2.45, 2.75) is 25.9 Å². The Hall–Kier alpha value is -2.95. The van der Waals surface area contributed by atoms with Crippen molar-refractivity contribution in [3.05, 3.63) is 81.4 Å². The van der Waals surface area contributed by atoms with Crippen LogP contribution in [0.5, 0.6) is 0 Å². The first-order valence-electron chi connectivity index (χ1n) is 8.63. The average molecular weight is 350 g/mol. The van der Waals surface area contributed by atoms with E-state index >= 15 is 0 Å². The van der Waals surface area contributed by atoms with Gasteiger partial charge in [0.05, 0.1) is 5.52 Å². The largest absolute Gasteiger partial charge is 0.343 e. The number of aromatic nitrogens is 1. The first-order valence-corrected chi connectivity index (χ1v) is 8.63. The number of hydrogen-bond acceptors (Lipinski definition) is 2. The lowest BCUT2D eigenvalue weighted by molar-refractivity contribution is 0.0782. The van der Waals surface area contributed by atoms with Crippen molar-refractivity contribution in [2.75, 3.05) is 7.05 Å². The molecule has 4 nitrogen and oxygen atoms in total. The number of benzene rings is 2. The van der Waals surface area contributed by atoms with Crippen molar-refractivity contribution < 1.29 is 9.18 Å². The van der Waals surface area contributed by atoms with Gasteiger partial charge in [0, 0.05) is 36.8 Å². The number of rotatable bonds is 3. The summed E-state index contributed by atoms with van der Waals surface area (Å²) in [5.74, 6) is -0.757. The Morgan fingerprint density at radius 3 is 2.77 bits per heavy atom. The van der Waals surface area contributed by atoms with Crippen LogP contribution in [0, 0.1) is 5.82 Å². The fraction of sp³-hybridized carbons (Fsp3) is 0.238. The van der Waals surface area contributed by atoms with Gasteiger partial charge in [0.25, 0.3) is 5.91 Å². The number of hydrogen-bond donors (Lipinski definition) is 0. The highest BCUT2D eigenvalue weighted by Crippen LogP contribution is 2.31. The van der Waals surface area contributed by atoms with E-state index in [1.807, 2.05) is 16.7 Å². The maximum Gasteiger partial charge on any atom is 0.259 e. The number of nitrogens with zero attached hydrogens (tertiary/aromatic N) is 2. The van der Waals surface area contributed by atoms with Gasteiger partial charge in [-0.2, -0.15) is 0 Å². The molecule has 1 aromatic heterocycles. The second kappa shape index (κ2) is 6.09. The van der Waals surface area contributed by atoms with Crippen molar-refractivity contribution in [1.82, 2.24) is 9.47 Å². The highest BCUT2D eigenvalue weighted by atomic mass is 19.1. The minimum absolute atomic E-state index is 0.110. The molecule has 1 aliphatic heterocycles. The predicted molar refractivity (Wildman–Crippen MR) is 98.8 cm³/mol. The lowest BCUT2D eigenvalue weighted by Gasteiger charge is -2.19. The van der Waals surface area contributed by atoms with Crippen LogP contribution in [0.15, 0.2) is 53.5 Å². The smallest absolute Gasteiger partial charge is 0.259 e. The lowest BCUT2D eigenvalue weighted by Crippen LogP contribution is -2.31. The van der Waals surface area contributed by atoms with Crippen molar-refractivity contribution >= 4 is 16.8 Å². The van der Waals surface area contributed by atoms with Gasteiger partial charge in [-0.3, -0.25) is 9.59 Å². The summed E-state index contributed by atoms with van der Waals surface area (Å²) in [6.45, 7) is 2.18. The van der Waals surface area contributed by atoms with Crippen LogP contribution in [0.2, 0.25) is 0 Å². The summed E-state index contributed by atoms with van der Waals surface area (Å²) in [7, 11) is 1.59. The summed E-state index contributed by atoms with van der Waals surface area (Å²) in [5, 5.41) is 0.567. The molecule has 1 atom stereocenters. The fourth-order valence-electron chi connectivity index (χ4n) is 3.73. The molecule has 2 aromatic carbocycles. The molecule has 1 unspecified atom stereocenters. The molecule has 4 rings (SSSR count). The molecular weight excluding hydrogens is 331 g/mol. The molecule has 0 N–H and O–H groups in total. The summed E-state index contributed by atoms with van der Waals surface area (Å²) in [4.78, 5) is 27.2. The predicted octanol–water partition coefficient (Wildman–Crippen LogP) is 3.53. The van der Waals surface area contributed by atoms with E-state index < -0.39 is 5.91 Å². The third-order valence-electron chi connectivity index (χ3n) is 5.07. The summed E-state index contributed by atoms with van der Waals surface area (Å²) in [6.07, 6.45) is 2.51. The maximum atomic E-state index is 13.9. The van der Waals surface area contributed by atoms with Crippen molar-refractivity contribution in [3.63, 3.8) is 0 Å². The molecule has 132 valence electrons. The number of pyridine rings is 1. The van der Waals surface area contributed by atoms with E-state index in [2.05, 4.69) is 6.92 Å². The van der Waals surface area contributed by atoms with Crippen LogP contribution in [0.25, 0.3) is 10.9 Å². The first kappa shape index (κ1) is 16.5. The summed E-state index contributed by atoms with van der Waals surface area (Å²) >= 11 is 0. The molecule has 0 spiro atoms.